The van der Waals surface area contributed by atoms with Crippen molar-refractivity contribution in [2.45, 2.75) is 18.8 Å². The van der Waals surface area contributed by atoms with Gasteiger partial charge < -0.3 is 9.64 Å². The van der Waals surface area contributed by atoms with Crippen LogP contribution in [0.25, 0.3) is 0 Å². The van der Waals surface area contributed by atoms with Crippen molar-refractivity contribution in [3.8, 4) is 0 Å². The molecule has 0 bridgehead atoms. The van der Waals surface area contributed by atoms with E-state index in [1.165, 1.54) is 0 Å². The van der Waals surface area contributed by atoms with Crippen molar-refractivity contribution in [3.05, 3.63) is 66.0 Å². The van der Waals surface area contributed by atoms with Crippen LogP contribution in [0.15, 0.2) is 54.9 Å². The van der Waals surface area contributed by atoms with E-state index in [0.717, 1.165) is 63.5 Å². The average molecular weight is 380 g/mol. The van der Waals surface area contributed by atoms with Crippen LogP contribution in [0, 0.1) is 5.92 Å². The van der Waals surface area contributed by atoms with Gasteiger partial charge in [0.15, 0.2) is 0 Å². The van der Waals surface area contributed by atoms with Crippen molar-refractivity contribution in [3.63, 3.8) is 0 Å². The second kappa shape index (κ2) is 8.41. The Hall–Kier alpha value is -2.24. The maximum Gasteiger partial charge on any atom is 0.238 e. The first-order chi connectivity index (χ1) is 13.8. The van der Waals surface area contributed by atoms with Gasteiger partial charge in [-0.2, -0.15) is 0 Å². The Morgan fingerprint density at radius 1 is 1.11 bits per heavy atom. The van der Waals surface area contributed by atoms with E-state index in [0.29, 0.717) is 0 Å². The number of likely N-dealkylation sites (tertiary alicyclic amines) is 1. The standard InChI is InChI=1S/C23H29N3O2/c1-2-26-18-21(10-12-25-13-15-28-16-14-25)23(22(26)27,19-7-4-3-5-8-19)20-9-6-11-24-17-20/h3-9,11,17,21H,2,10,12-16,18H2,1H3/t21-,23+/m0/s1. The Balaban J connectivity index is 1.74. The summed E-state index contributed by atoms with van der Waals surface area (Å²) in [5.41, 5.74) is 1.43. The van der Waals surface area contributed by atoms with Crippen LogP contribution in [0.1, 0.15) is 24.5 Å². The highest BCUT2D eigenvalue weighted by molar-refractivity contribution is 5.94. The molecule has 0 spiro atoms. The number of nitrogens with zero attached hydrogens (tertiary/aromatic N) is 3. The van der Waals surface area contributed by atoms with Gasteiger partial charge in [-0.3, -0.25) is 14.7 Å². The first-order valence-corrected chi connectivity index (χ1v) is 10.3. The van der Waals surface area contributed by atoms with Crippen molar-refractivity contribution in [1.29, 1.82) is 0 Å². The highest BCUT2D eigenvalue weighted by Gasteiger charge is 2.55. The molecule has 0 saturated carbocycles. The molecule has 2 fully saturated rings. The van der Waals surface area contributed by atoms with Crippen molar-refractivity contribution in [2.24, 2.45) is 5.92 Å². The summed E-state index contributed by atoms with van der Waals surface area (Å²) in [5, 5.41) is 0. The predicted molar refractivity (Wildman–Crippen MR) is 109 cm³/mol. The van der Waals surface area contributed by atoms with Gasteiger partial charge in [-0.15, -0.1) is 0 Å². The zero-order valence-electron chi connectivity index (χ0n) is 16.6. The third-order valence-corrected chi connectivity index (χ3v) is 6.30. The molecule has 0 aliphatic carbocycles. The molecule has 28 heavy (non-hydrogen) atoms. The Bertz CT molecular complexity index is 735. The first kappa shape index (κ1) is 19.1. The lowest BCUT2D eigenvalue weighted by atomic mass is 9.66. The minimum atomic E-state index is -0.655. The van der Waals surface area contributed by atoms with Gasteiger partial charge in [0.2, 0.25) is 5.91 Å². The van der Waals surface area contributed by atoms with E-state index >= 15 is 0 Å². The van der Waals surface area contributed by atoms with E-state index in [4.69, 9.17) is 4.74 Å². The lowest BCUT2D eigenvalue weighted by Gasteiger charge is -2.35. The molecule has 4 rings (SSSR count). The van der Waals surface area contributed by atoms with Crippen LogP contribution in [0.3, 0.4) is 0 Å². The van der Waals surface area contributed by atoms with Gasteiger partial charge in [-0.25, -0.2) is 0 Å². The van der Waals surface area contributed by atoms with Gasteiger partial charge in [0.05, 0.1) is 13.2 Å². The van der Waals surface area contributed by atoms with Gasteiger partial charge in [0, 0.05) is 44.5 Å². The fourth-order valence-corrected chi connectivity index (χ4v) is 4.84. The van der Waals surface area contributed by atoms with Crippen LogP contribution in [0.4, 0.5) is 0 Å². The number of ether oxygens (including phenoxy) is 1. The zero-order chi connectivity index (χ0) is 19.4. The number of pyridine rings is 1. The molecule has 0 unspecified atom stereocenters. The Morgan fingerprint density at radius 2 is 1.86 bits per heavy atom. The van der Waals surface area contributed by atoms with Crippen LogP contribution in [0.5, 0.6) is 0 Å². The SMILES string of the molecule is CCN1C[C@H](CCN2CCOCC2)[C@@](c2ccccc2)(c2cccnc2)C1=O. The molecule has 5 heteroatoms. The monoisotopic (exact) mass is 379 g/mol. The highest BCUT2D eigenvalue weighted by Crippen LogP contribution is 2.47. The van der Waals surface area contributed by atoms with Crippen LogP contribution in [-0.2, 0) is 14.9 Å². The van der Waals surface area contributed by atoms with Gasteiger partial charge in [-0.1, -0.05) is 36.4 Å². The number of amides is 1. The quantitative estimate of drug-likeness (QED) is 0.774. The number of morpholine rings is 1. The second-order valence-corrected chi connectivity index (χ2v) is 7.70. The molecule has 5 nitrogen and oxygen atoms in total. The number of benzene rings is 1. The number of likely N-dealkylation sites (N-methyl/N-ethyl adjacent to an activating group) is 1. The fraction of sp³-hybridized carbons (Fsp3) is 0.478. The van der Waals surface area contributed by atoms with Gasteiger partial charge >= 0.3 is 0 Å². The number of aromatic nitrogens is 1. The summed E-state index contributed by atoms with van der Waals surface area (Å²) in [4.78, 5) is 22.6. The number of hydrogen-bond donors (Lipinski definition) is 0. The van der Waals surface area contributed by atoms with Gasteiger partial charge in [0.25, 0.3) is 0 Å². The van der Waals surface area contributed by atoms with E-state index < -0.39 is 5.41 Å². The van der Waals surface area contributed by atoms with Crippen molar-refractivity contribution >= 4 is 5.91 Å². The van der Waals surface area contributed by atoms with E-state index in [9.17, 15) is 4.79 Å². The Labute approximate surface area is 167 Å². The zero-order valence-corrected chi connectivity index (χ0v) is 16.6. The Morgan fingerprint density at radius 3 is 2.54 bits per heavy atom. The molecule has 1 aromatic heterocycles. The minimum absolute atomic E-state index is 0.209. The normalized spacial score (nSPS) is 26.0. The van der Waals surface area contributed by atoms with Crippen LogP contribution in [-0.4, -0.2) is 66.6 Å². The van der Waals surface area contributed by atoms with Crippen LogP contribution < -0.4 is 0 Å². The number of hydrogen-bond acceptors (Lipinski definition) is 4. The maximum absolute atomic E-state index is 13.8. The van der Waals surface area contributed by atoms with E-state index in [1.807, 2.05) is 35.4 Å². The first-order valence-electron chi connectivity index (χ1n) is 10.3. The third kappa shape index (κ3) is 3.33. The topological polar surface area (TPSA) is 45.7 Å². The molecule has 0 N–H and O–H groups in total. The molecule has 1 aromatic carbocycles. The molecule has 2 aromatic rings. The molecule has 3 heterocycles. The summed E-state index contributed by atoms with van der Waals surface area (Å²) in [6.45, 7) is 8.15. The minimum Gasteiger partial charge on any atom is -0.379 e. The molecular weight excluding hydrogens is 350 g/mol. The number of rotatable bonds is 6. The summed E-state index contributed by atoms with van der Waals surface area (Å²) in [7, 11) is 0. The van der Waals surface area contributed by atoms with Crippen LogP contribution in [0.2, 0.25) is 0 Å². The molecule has 148 valence electrons. The second-order valence-electron chi connectivity index (χ2n) is 7.70. The summed E-state index contributed by atoms with van der Waals surface area (Å²) in [5.74, 6) is 0.426. The van der Waals surface area contributed by atoms with E-state index in [1.54, 1.807) is 6.20 Å². The lowest BCUT2D eigenvalue weighted by Crippen LogP contribution is -2.44. The fourth-order valence-electron chi connectivity index (χ4n) is 4.84. The number of carbonyl (C=O) groups is 1. The third-order valence-electron chi connectivity index (χ3n) is 6.30. The molecule has 0 radical (unpaired) electrons. The summed E-state index contributed by atoms with van der Waals surface area (Å²) < 4.78 is 5.49. The highest BCUT2D eigenvalue weighted by atomic mass is 16.5. The van der Waals surface area contributed by atoms with E-state index in [-0.39, 0.29) is 11.8 Å². The summed E-state index contributed by atoms with van der Waals surface area (Å²) in [6, 6.07) is 14.3. The molecule has 2 aliphatic rings. The molecule has 2 atom stereocenters. The predicted octanol–water partition coefficient (Wildman–Crippen LogP) is 2.57. The van der Waals surface area contributed by atoms with Crippen LogP contribution >= 0.6 is 0 Å². The molecule has 2 aliphatic heterocycles. The smallest absolute Gasteiger partial charge is 0.238 e. The van der Waals surface area contributed by atoms with E-state index in [2.05, 4.69) is 35.0 Å². The van der Waals surface area contributed by atoms with Gasteiger partial charge in [0.1, 0.15) is 5.41 Å². The lowest BCUT2D eigenvalue weighted by molar-refractivity contribution is -0.131. The Kier molecular flexibility index (Phi) is 5.74. The summed E-state index contributed by atoms with van der Waals surface area (Å²) >= 11 is 0. The van der Waals surface area contributed by atoms with Crippen molar-refractivity contribution in [1.82, 2.24) is 14.8 Å². The molecular formula is C23H29N3O2. The average Bonchev–Trinajstić information content (AvgIpc) is 3.06. The molecule has 1 amide bonds. The maximum atomic E-state index is 13.8. The van der Waals surface area contributed by atoms with Crippen molar-refractivity contribution < 1.29 is 9.53 Å². The molecule has 2 saturated heterocycles. The van der Waals surface area contributed by atoms with Crippen molar-refractivity contribution in [2.75, 3.05) is 45.9 Å². The number of carbonyl (C=O) groups excluding carboxylic acids is 1. The largest absolute Gasteiger partial charge is 0.379 e. The van der Waals surface area contributed by atoms with Gasteiger partial charge in [-0.05, 0) is 37.1 Å². The summed E-state index contributed by atoms with van der Waals surface area (Å²) in [6.07, 6.45) is 4.64.